The number of hydrogen-bond acceptors (Lipinski definition) is 2. The van der Waals surface area contributed by atoms with Gasteiger partial charge in [-0.2, -0.15) is 4.99 Å². The zero-order valence-electron chi connectivity index (χ0n) is 13.2. The van der Waals surface area contributed by atoms with E-state index < -0.39 is 0 Å². The molecular formula is C16H23FN2OS. The number of halogens is 1. The van der Waals surface area contributed by atoms with Crippen LogP contribution in [0, 0.1) is 11.7 Å². The normalized spacial score (nSPS) is 14.9. The van der Waals surface area contributed by atoms with Crippen LogP contribution in [0.1, 0.15) is 46.2 Å². The molecule has 21 heavy (non-hydrogen) atoms. The third kappa shape index (κ3) is 6.29. The molecule has 0 unspecified atom stereocenters. The fraction of sp³-hybridized carbons (Fsp3) is 0.500. The van der Waals surface area contributed by atoms with Crippen LogP contribution < -0.4 is 5.32 Å². The summed E-state index contributed by atoms with van der Waals surface area (Å²) in [5.74, 6) is -0.00581. The molecule has 0 aliphatic rings. The highest BCUT2D eigenvalue weighted by molar-refractivity contribution is 8.14. The van der Waals surface area contributed by atoms with Gasteiger partial charge < -0.3 is 5.32 Å². The molecule has 0 radical (unpaired) electrons. The van der Waals surface area contributed by atoms with Crippen LogP contribution in [0.25, 0.3) is 0 Å². The van der Waals surface area contributed by atoms with E-state index in [-0.39, 0.29) is 17.8 Å². The monoisotopic (exact) mass is 310 g/mol. The third-order valence-electron chi connectivity index (χ3n) is 3.21. The summed E-state index contributed by atoms with van der Waals surface area (Å²) < 4.78 is 13.0. The first-order valence-corrected chi connectivity index (χ1v) is 7.95. The second-order valence-corrected chi connectivity index (χ2v) is 6.79. The van der Waals surface area contributed by atoms with E-state index >= 15 is 0 Å². The minimum atomic E-state index is -0.258. The van der Waals surface area contributed by atoms with Crippen LogP contribution in [0.2, 0.25) is 0 Å². The average molecular weight is 310 g/mol. The third-order valence-corrected chi connectivity index (χ3v) is 4.55. The number of rotatable bonds is 4. The topological polar surface area (TPSA) is 41.5 Å². The van der Waals surface area contributed by atoms with E-state index in [4.69, 9.17) is 0 Å². The van der Waals surface area contributed by atoms with Gasteiger partial charge in [0, 0.05) is 12.2 Å². The molecule has 1 rings (SSSR count). The molecule has 116 valence electrons. The van der Waals surface area contributed by atoms with E-state index in [0.717, 1.165) is 5.56 Å². The van der Waals surface area contributed by atoms with Gasteiger partial charge >= 0.3 is 0 Å². The van der Waals surface area contributed by atoms with Crippen molar-refractivity contribution in [2.75, 3.05) is 0 Å². The molecular weight excluding hydrogens is 287 g/mol. The summed E-state index contributed by atoms with van der Waals surface area (Å²) in [6.07, 6.45) is 0. The molecule has 1 amide bonds. The number of nitrogens with one attached hydrogen (secondary N) is 1. The van der Waals surface area contributed by atoms with Gasteiger partial charge in [-0.15, -0.1) is 0 Å². The lowest BCUT2D eigenvalue weighted by Gasteiger charge is -2.21. The number of aliphatic imine (C=N–C) groups is 1. The van der Waals surface area contributed by atoms with Crippen LogP contribution in [0.4, 0.5) is 4.39 Å². The van der Waals surface area contributed by atoms with Crippen molar-refractivity contribution in [3.8, 4) is 0 Å². The maximum Gasteiger partial charge on any atom is 0.244 e. The van der Waals surface area contributed by atoms with Gasteiger partial charge in [-0.1, -0.05) is 44.7 Å². The van der Waals surface area contributed by atoms with Crippen LogP contribution >= 0.6 is 11.8 Å². The van der Waals surface area contributed by atoms with Gasteiger partial charge in [0.15, 0.2) is 5.17 Å². The van der Waals surface area contributed by atoms with Crippen LogP contribution in [-0.2, 0) is 4.79 Å². The Morgan fingerprint density at radius 3 is 2.24 bits per heavy atom. The van der Waals surface area contributed by atoms with E-state index in [1.54, 1.807) is 23.9 Å². The maximum absolute atomic E-state index is 13.0. The molecule has 3 nitrogen and oxygen atoms in total. The van der Waals surface area contributed by atoms with Crippen LogP contribution in [0.5, 0.6) is 0 Å². The van der Waals surface area contributed by atoms with Crippen molar-refractivity contribution in [2.24, 2.45) is 10.9 Å². The maximum atomic E-state index is 13.0. The van der Waals surface area contributed by atoms with E-state index in [9.17, 15) is 9.18 Å². The van der Waals surface area contributed by atoms with E-state index in [2.05, 4.69) is 31.1 Å². The molecule has 0 aromatic heterocycles. The zero-order valence-corrected chi connectivity index (χ0v) is 14.0. The number of carbonyl (C=O) groups excluding carboxylic acids is 1. The molecule has 0 spiro atoms. The van der Waals surface area contributed by atoms with Crippen LogP contribution in [0.3, 0.4) is 0 Å². The molecule has 1 N–H and O–H groups in total. The van der Waals surface area contributed by atoms with E-state index in [0.29, 0.717) is 16.3 Å². The van der Waals surface area contributed by atoms with Gasteiger partial charge in [-0.05, 0) is 30.5 Å². The molecule has 0 saturated carbocycles. The Hall–Kier alpha value is -1.36. The summed E-state index contributed by atoms with van der Waals surface area (Å²) in [5, 5.41) is 4.19. The molecule has 1 aromatic carbocycles. The molecule has 1 aromatic rings. The summed E-state index contributed by atoms with van der Waals surface area (Å²) >= 11 is 1.55. The largest absolute Gasteiger partial charge is 0.358 e. The van der Waals surface area contributed by atoms with Crippen molar-refractivity contribution in [1.29, 1.82) is 0 Å². The van der Waals surface area contributed by atoms with Crippen molar-refractivity contribution >= 4 is 22.8 Å². The zero-order chi connectivity index (χ0) is 16.0. The predicted molar refractivity (Wildman–Crippen MR) is 88.0 cm³/mol. The Kier molecular flexibility index (Phi) is 6.89. The summed E-state index contributed by atoms with van der Waals surface area (Å²) in [7, 11) is 0. The SMILES string of the molecule is CC(=O)/N=C(/N[C@@H](C)c1ccc(F)cc1)S[C@@H](C)C(C)C. The summed E-state index contributed by atoms with van der Waals surface area (Å²) in [4.78, 5) is 15.3. The Balaban J connectivity index is 2.81. The van der Waals surface area contributed by atoms with E-state index in [1.807, 2.05) is 6.92 Å². The minimum Gasteiger partial charge on any atom is -0.358 e. The molecule has 0 fully saturated rings. The summed E-state index contributed by atoms with van der Waals surface area (Å²) in [5.41, 5.74) is 0.949. The Morgan fingerprint density at radius 2 is 1.76 bits per heavy atom. The van der Waals surface area contributed by atoms with Gasteiger partial charge in [0.25, 0.3) is 0 Å². The van der Waals surface area contributed by atoms with Crippen molar-refractivity contribution in [3.63, 3.8) is 0 Å². The van der Waals surface area contributed by atoms with Crippen LogP contribution in [-0.4, -0.2) is 16.3 Å². The van der Waals surface area contributed by atoms with Gasteiger partial charge in [0.05, 0.1) is 6.04 Å². The minimum absolute atomic E-state index is 0.0458. The molecule has 2 atom stereocenters. The number of thioether (sulfide) groups is 1. The summed E-state index contributed by atoms with van der Waals surface area (Å²) in [6, 6.07) is 6.28. The quantitative estimate of drug-likeness (QED) is 0.671. The molecule has 0 heterocycles. The van der Waals surface area contributed by atoms with Gasteiger partial charge in [0.2, 0.25) is 5.91 Å². The Labute approximate surface area is 130 Å². The standard InChI is InChI=1S/C16H23FN2OS/c1-10(2)12(4)21-16(19-13(5)20)18-11(3)14-6-8-15(17)9-7-14/h6-12H,1-5H3,(H,18,19,20)/t11-,12-/m0/s1. The first-order chi connectivity index (χ1) is 9.79. The number of amidine groups is 1. The van der Waals surface area contributed by atoms with Crippen molar-refractivity contribution < 1.29 is 9.18 Å². The average Bonchev–Trinajstić information content (AvgIpc) is 2.38. The lowest BCUT2D eigenvalue weighted by molar-refractivity contribution is -0.115. The highest BCUT2D eigenvalue weighted by Crippen LogP contribution is 2.22. The lowest BCUT2D eigenvalue weighted by Crippen LogP contribution is -2.27. The van der Waals surface area contributed by atoms with Gasteiger partial charge in [0.1, 0.15) is 5.82 Å². The second kappa shape index (κ2) is 8.17. The molecule has 5 heteroatoms. The number of nitrogens with zero attached hydrogens (tertiary/aromatic N) is 1. The fourth-order valence-electron chi connectivity index (χ4n) is 1.57. The molecule has 0 saturated heterocycles. The van der Waals surface area contributed by atoms with E-state index in [1.165, 1.54) is 19.1 Å². The lowest BCUT2D eigenvalue weighted by atomic mass is 10.1. The van der Waals surface area contributed by atoms with Crippen LogP contribution in [0.15, 0.2) is 29.3 Å². The first kappa shape index (κ1) is 17.7. The molecule has 0 aliphatic carbocycles. The van der Waals surface area contributed by atoms with Gasteiger partial charge in [-0.3, -0.25) is 4.79 Å². The Morgan fingerprint density at radius 1 is 1.19 bits per heavy atom. The number of carbonyl (C=O) groups is 1. The highest BCUT2D eigenvalue weighted by Gasteiger charge is 2.15. The predicted octanol–water partition coefficient (Wildman–Crippen LogP) is 4.16. The first-order valence-electron chi connectivity index (χ1n) is 7.07. The second-order valence-electron chi connectivity index (χ2n) is 5.42. The van der Waals surface area contributed by atoms with Gasteiger partial charge in [-0.25, -0.2) is 4.39 Å². The number of hydrogen-bond donors (Lipinski definition) is 1. The smallest absolute Gasteiger partial charge is 0.244 e. The molecule has 0 aliphatic heterocycles. The van der Waals surface area contributed by atoms with Crippen molar-refractivity contribution in [1.82, 2.24) is 5.32 Å². The van der Waals surface area contributed by atoms with Crippen molar-refractivity contribution in [3.05, 3.63) is 35.6 Å². The summed E-state index contributed by atoms with van der Waals surface area (Å²) in [6.45, 7) is 9.77. The molecule has 0 bridgehead atoms. The number of amides is 1. The number of benzene rings is 1. The van der Waals surface area contributed by atoms with Crippen molar-refractivity contribution in [2.45, 2.75) is 45.9 Å². The fourth-order valence-corrected chi connectivity index (χ4v) is 2.62. The highest BCUT2D eigenvalue weighted by atomic mass is 32.2. The Bertz CT molecular complexity index is 500.